The summed E-state index contributed by atoms with van der Waals surface area (Å²) >= 11 is 0. The summed E-state index contributed by atoms with van der Waals surface area (Å²) in [7, 11) is 0. The standard InChI is InChI=1S/C10H16N2O2/c1-7(2)4-5-12-8(3)9(6-11-12)10(13)14/h6-7H,4-5H2,1-3H3,(H,13,14). The summed E-state index contributed by atoms with van der Waals surface area (Å²) in [6.07, 6.45) is 2.43. The van der Waals surface area contributed by atoms with E-state index in [-0.39, 0.29) is 0 Å². The van der Waals surface area contributed by atoms with Gasteiger partial charge in [-0.15, -0.1) is 0 Å². The van der Waals surface area contributed by atoms with Crippen molar-refractivity contribution in [2.75, 3.05) is 0 Å². The van der Waals surface area contributed by atoms with Crippen LogP contribution < -0.4 is 0 Å². The Kier molecular flexibility index (Phi) is 3.28. The maximum Gasteiger partial charge on any atom is 0.339 e. The minimum absolute atomic E-state index is 0.300. The lowest BCUT2D eigenvalue weighted by Gasteiger charge is -2.06. The molecule has 1 rings (SSSR count). The van der Waals surface area contributed by atoms with Crippen LogP contribution in [0.25, 0.3) is 0 Å². The minimum Gasteiger partial charge on any atom is -0.478 e. The van der Waals surface area contributed by atoms with Gasteiger partial charge < -0.3 is 5.11 Å². The summed E-state index contributed by atoms with van der Waals surface area (Å²) in [6, 6.07) is 0. The first-order chi connectivity index (χ1) is 6.52. The molecule has 1 N–H and O–H groups in total. The van der Waals surface area contributed by atoms with E-state index in [1.807, 2.05) is 0 Å². The van der Waals surface area contributed by atoms with Crippen LogP contribution in [0.3, 0.4) is 0 Å². The summed E-state index contributed by atoms with van der Waals surface area (Å²) in [5, 5.41) is 12.8. The van der Waals surface area contributed by atoms with Crippen LogP contribution in [-0.2, 0) is 6.54 Å². The maximum atomic E-state index is 10.7. The molecule has 1 aromatic rings. The van der Waals surface area contributed by atoms with Crippen LogP contribution in [0, 0.1) is 12.8 Å². The van der Waals surface area contributed by atoms with E-state index in [1.165, 1.54) is 6.20 Å². The van der Waals surface area contributed by atoms with Gasteiger partial charge in [-0.25, -0.2) is 4.79 Å². The number of carboxylic acid groups (broad SMARTS) is 1. The van der Waals surface area contributed by atoms with Gasteiger partial charge in [-0.3, -0.25) is 4.68 Å². The molecular weight excluding hydrogens is 180 g/mol. The van der Waals surface area contributed by atoms with E-state index < -0.39 is 5.97 Å². The first-order valence-electron chi connectivity index (χ1n) is 4.78. The van der Waals surface area contributed by atoms with Crippen LogP contribution in [0.15, 0.2) is 6.20 Å². The first kappa shape index (κ1) is 10.8. The van der Waals surface area contributed by atoms with E-state index in [0.29, 0.717) is 11.5 Å². The van der Waals surface area contributed by atoms with Gasteiger partial charge >= 0.3 is 5.97 Å². The molecule has 14 heavy (non-hydrogen) atoms. The van der Waals surface area contributed by atoms with Crippen molar-refractivity contribution in [2.24, 2.45) is 5.92 Å². The number of aromatic carboxylic acids is 1. The monoisotopic (exact) mass is 196 g/mol. The molecule has 0 amide bonds. The van der Waals surface area contributed by atoms with Crippen LogP contribution in [0.2, 0.25) is 0 Å². The zero-order chi connectivity index (χ0) is 10.7. The summed E-state index contributed by atoms with van der Waals surface area (Å²) in [5.74, 6) is -0.301. The van der Waals surface area contributed by atoms with E-state index in [2.05, 4.69) is 18.9 Å². The summed E-state index contributed by atoms with van der Waals surface area (Å²) < 4.78 is 1.75. The number of rotatable bonds is 4. The van der Waals surface area contributed by atoms with Gasteiger partial charge in [0.05, 0.1) is 6.20 Å². The Balaban J connectivity index is 2.74. The molecule has 1 heterocycles. The zero-order valence-corrected chi connectivity index (χ0v) is 8.82. The van der Waals surface area contributed by atoms with Gasteiger partial charge in [0.1, 0.15) is 5.56 Å². The van der Waals surface area contributed by atoms with Crippen LogP contribution in [0.5, 0.6) is 0 Å². The quantitative estimate of drug-likeness (QED) is 0.800. The molecule has 1 aromatic heterocycles. The van der Waals surface area contributed by atoms with Crippen molar-refractivity contribution in [1.82, 2.24) is 9.78 Å². The van der Waals surface area contributed by atoms with Gasteiger partial charge in [0.15, 0.2) is 0 Å². The molecule has 0 bridgehead atoms. The Morgan fingerprint density at radius 1 is 1.64 bits per heavy atom. The molecule has 0 radical (unpaired) electrons. The topological polar surface area (TPSA) is 55.1 Å². The highest BCUT2D eigenvalue weighted by atomic mass is 16.4. The van der Waals surface area contributed by atoms with Crippen LogP contribution >= 0.6 is 0 Å². The molecule has 4 heteroatoms. The molecule has 0 unspecified atom stereocenters. The normalized spacial score (nSPS) is 10.9. The van der Waals surface area contributed by atoms with Gasteiger partial charge in [-0.1, -0.05) is 13.8 Å². The van der Waals surface area contributed by atoms with Crippen molar-refractivity contribution >= 4 is 5.97 Å². The number of nitrogens with zero attached hydrogens (tertiary/aromatic N) is 2. The van der Waals surface area contributed by atoms with Crippen LogP contribution in [0.4, 0.5) is 0 Å². The largest absolute Gasteiger partial charge is 0.478 e. The van der Waals surface area contributed by atoms with Gasteiger partial charge in [0, 0.05) is 12.2 Å². The fourth-order valence-electron chi connectivity index (χ4n) is 1.26. The second-order valence-corrected chi connectivity index (χ2v) is 3.85. The Labute approximate surface area is 83.5 Å². The first-order valence-corrected chi connectivity index (χ1v) is 4.78. The zero-order valence-electron chi connectivity index (χ0n) is 8.82. The number of aryl methyl sites for hydroxylation is 1. The fraction of sp³-hybridized carbons (Fsp3) is 0.600. The molecule has 4 nitrogen and oxygen atoms in total. The SMILES string of the molecule is Cc1c(C(=O)O)cnn1CCC(C)C. The third-order valence-electron chi connectivity index (χ3n) is 2.25. The lowest BCUT2D eigenvalue weighted by Crippen LogP contribution is -2.06. The Bertz CT molecular complexity index is 329. The average Bonchev–Trinajstić information content (AvgIpc) is 2.43. The number of hydrogen-bond donors (Lipinski definition) is 1. The van der Waals surface area contributed by atoms with Crippen LogP contribution in [-0.4, -0.2) is 20.9 Å². The van der Waals surface area contributed by atoms with E-state index in [9.17, 15) is 4.79 Å². The second kappa shape index (κ2) is 4.26. The molecule has 0 aliphatic heterocycles. The van der Waals surface area contributed by atoms with Gasteiger partial charge in [-0.2, -0.15) is 5.10 Å². The molecule has 0 aliphatic rings. The smallest absolute Gasteiger partial charge is 0.339 e. The van der Waals surface area contributed by atoms with Gasteiger partial charge in [0.25, 0.3) is 0 Å². The van der Waals surface area contributed by atoms with Crippen molar-refractivity contribution < 1.29 is 9.90 Å². The summed E-state index contributed by atoms with van der Waals surface area (Å²) in [5.41, 5.74) is 1.03. The Morgan fingerprint density at radius 3 is 2.71 bits per heavy atom. The highest BCUT2D eigenvalue weighted by Gasteiger charge is 2.12. The highest BCUT2D eigenvalue weighted by Crippen LogP contribution is 2.09. The number of carbonyl (C=O) groups is 1. The Morgan fingerprint density at radius 2 is 2.29 bits per heavy atom. The molecule has 0 aliphatic carbocycles. The van der Waals surface area contributed by atoms with E-state index in [4.69, 9.17) is 5.11 Å². The molecular formula is C10H16N2O2. The third kappa shape index (κ3) is 2.34. The van der Waals surface area contributed by atoms with Crippen molar-refractivity contribution in [3.8, 4) is 0 Å². The molecule has 78 valence electrons. The predicted molar refractivity (Wildman–Crippen MR) is 53.4 cm³/mol. The fourth-order valence-corrected chi connectivity index (χ4v) is 1.26. The average molecular weight is 196 g/mol. The molecule has 0 atom stereocenters. The number of hydrogen-bond acceptors (Lipinski definition) is 2. The minimum atomic E-state index is -0.904. The van der Waals surface area contributed by atoms with E-state index in [0.717, 1.165) is 18.7 Å². The highest BCUT2D eigenvalue weighted by molar-refractivity contribution is 5.88. The second-order valence-electron chi connectivity index (χ2n) is 3.85. The lowest BCUT2D eigenvalue weighted by molar-refractivity contribution is 0.0696. The van der Waals surface area contributed by atoms with Gasteiger partial charge in [0.2, 0.25) is 0 Å². The Hall–Kier alpha value is -1.32. The van der Waals surface area contributed by atoms with E-state index in [1.54, 1.807) is 11.6 Å². The summed E-state index contributed by atoms with van der Waals surface area (Å²) in [6.45, 7) is 6.85. The maximum absolute atomic E-state index is 10.7. The summed E-state index contributed by atoms with van der Waals surface area (Å²) in [4.78, 5) is 10.7. The third-order valence-corrected chi connectivity index (χ3v) is 2.25. The molecule has 0 saturated heterocycles. The molecule has 0 spiro atoms. The molecule has 0 fully saturated rings. The van der Waals surface area contributed by atoms with E-state index >= 15 is 0 Å². The van der Waals surface area contributed by atoms with Crippen molar-refractivity contribution in [3.63, 3.8) is 0 Å². The van der Waals surface area contributed by atoms with Gasteiger partial charge in [-0.05, 0) is 19.3 Å². The molecule has 0 aromatic carbocycles. The predicted octanol–water partition coefficient (Wildman–Crippen LogP) is 1.94. The molecule has 0 saturated carbocycles. The lowest BCUT2D eigenvalue weighted by atomic mass is 10.1. The number of aromatic nitrogens is 2. The van der Waals surface area contributed by atoms with Crippen molar-refractivity contribution in [2.45, 2.75) is 33.7 Å². The van der Waals surface area contributed by atoms with Crippen LogP contribution in [0.1, 0.15) is 36.3 Å². The van der Waals surface area contributed by atoms with Crippen molar-refractivity contribution in [1.29, 1.82) is 0 Å². The van der Waals surface area contributed by atoms with Crippen molar-refractivity contribution in [3.05, 3.63) is 17.5 Å². The number of carboxylic acids is 1.